The number of imidazole rings is 1. The zero-order valence-corrected chi connectivity index (χ0v) is 24.6. The van der Waals surface area contributed by atoms with Gasteiger partial charge >= 0.3 is 0 Å². The number of aromatic nitrogens is 2. The summed E-state index contributed by atoms with van der Waals surface area (Å²) in [6.45, 7) is 4.99. The van der Waals surface area contributed by atoms with Gasteiger partial charge < -0.3 is 4.57 Å². The number of hydrogen-bond donors (Lipinski definition) is 0. The Kier molecular flexibility index (Phi) is 9.86. The predicted molar refractivity (Wildman–Crippen MR) is 167 cm³/mol. The maximum atomic E-state index is 12.0. The van der Waals surface area contributed by atoms with Gasteiger partial charge in [0.15, 0.2) is 0 Å². The maximum absolute atomic E-state index is 12.0. The van der Waals surface area contributed by atoms with Gasteiger partial charge in [-0.2, -0.15) is 0 Å². The second-order valence-electron chi connectivity index (χ2n) is 11.1. The van der Waals surface area contributed by atoms with Crippen molar-refractivity contribution in [1.29, 1.82) is 0 Å². The normalized spacial score (nSPS) is 14.0. The van der Waals surface area contributed by atoms with E-state index in [0.717, 1.165) is 54.3 Å². The molecule has 0 N–H and O–H groups in total. The highest BCUT2D eigenvalue weighted by molar-refractivity contribution is 6.31. The van der Waals surface area contributed by atoms with Crippen molar-refractivity contribution in [3.8, 4) is 22.6 Å². The molecule has 1 aliphatic rings. The molecule has 0 aliphatic heterocycles. The molecule has 214 valence electrons. The summed E-state index contributed by atoms with van der Waals surface area (Å²) in [4.78, 5) is 19.3. The summed E-state index contributed by atoms with van der Waals surface area (Å²) in [5.74, 6) is 1.53. The molecular formula is C34H39ClN4O2. The van der Waals surface area contributed by atoms with Crippen molar-refractivity contribution < 1.29 is 4.92 Å². The van der Waals surface area contributed by atoms with Gasteiger partial charge in [0.25, 0.3) is 5.69 Å². The summed E-state index contributed by atoms with van der Waals surface area (Å²) in [7, 11) is 0. The number of nitro groups is 1. The van der Waals surface area contributed by atoms with Crippen molar-refractivity contribution in [2.45, 2.75) is 71.5 Å². The minimum absolute atomic E-state index is 0.0823. The van der Waals surface area contributed by atoms with Crippen LogP contribution in [-0.4, -0.2) is 25.9 Å². The van der Waals surface area contributed by atoms with Crippen molar-refractivity contribution in [2.75, 3.05) is 6.54 Å². The van der Waals surface area contributed by atoms with Crippen LogP contribution < -0.4 is 0 Å². The largest absolute Gasteiger partial charge is 0.326 e. The maximum Gasteiger partial charge on any atom is 0.275 e. The van der Waals surface area contributed by atoms with Crippen LogP contribution in [0.2, 0.25) is 5.02 Å². The monoisotopic (exact) mass is 570 g/mol. The van der Waals surface area contributed by atoms with Gasteiger partial charge in [-0.1, -0.05) is 111 Å². The van der Waals surface area contributed by atoms with Crippen molar-refractivity contribution in [2.24, 2.45) is 5.92 Å². The van der Waals surface area contributed by atoms with E-state index < -0.39 is 0 Å². The van der Waals surface area contributed by atoms with Crippen LogP contribution in [0.4, 0.5) is 5.69 Å². The summed E-state index contributed by atoms with van der Waals surface area (Å²) >= 11 is 6.63. The molecule has 1 heterocycles. The van der Waals surface area contributed by atoms with E-state index in [2.05, 4.69) is 64.9 Å². The average Bonchev–Trinajstić information content (AvgIpc) is 3.36. The Morgan fingerprint density at radius 3 is 2.27 bits per heavy atom. The molecule has 0 atom stereocenters. The van der Waals surface area contributed by atoms with Crippen molar-refractivity contribution in [1.82, 2.24) is 14.5 Å². The van der Waals surface area contributed by atoms with Crippen LogP contribution in [0.5, 0.6) is 0 Å². The van der Waals surface area contributed by atoms with E-state index in [1.54, 1.807) is 18.2 Å². The standard InChI is InChI=1S/C34H39ClN4O2/c1-2-3-22-38-32(33(27-16-9-5-10-17-27)36-34(38)28-18-11-6-12-19-28)25-37(23-26-14-7-4-8-15-26)24-29-30(35)20-13-21-31(29)39(40)41/h5-6,9-13,16-21,26H,2-4,7-8,14-15,22-25H2,1H3. The van der Waals surface area contributed by atoms with Crippen molar-refractivity contribution >= 4 is 17.3 Å². The van der Waals surface area contributed by atoms with E-state index in [1.807, 2.05) is 12.1 Å². The van der Waals surface area contributed by atoms with Gasteiger partial charge in [0.2, 0.25) is 0 Å². The van der Waals surface area contributed by atoms with Gasteiger partial charge in [-0.25, -0.2) is 4.98 Å². The molecule has 3 aromatic carbocycles. The molecule has 0 radical (unpaired) electrons. The number of rotatable bonds is 12. The lowest BCUT2D eigenvalue weighted by molar-refractivity contribution is -0.385. The van der Waals surface area contributed by atoms with Gasteiger partial charge in [0, 0.05) is 43.4 Å². The topological polar surface area (TPSA) is 64.2 Å². The van der Waals surface area contributed by atoms with E-state index in [-0.39, 0.29) is 10.6 Å². The molecule has 0 amide bonds. The Balaban J connectivity index is 1.61. The fraction of sp³-hybridized carbons (Fsp3) is 0.382. The summed E-state index contributed by atoms with van der Waals surface area (Å²) < 4.78 is 2.38. The number of unbranched alkanes of at least 4 members (excludes halogenated alkanes) is 1. The van der Waals surface area contributed by atoms with E-state index in [4.69, 9.17) is 16.6 Å². The van der Waals surface area contributed by atoms with Crippen molar-refractivity contribution in [3.05, 3.63) is 105 Å². The summed E-state index contributed by atoms with van der Waals surface area (Å²) in [6, 6.07) is 25.8. The minimum atomic E-state index is -0.311. The number of hydrogen-bond acceptors (Lipinski definition) is 4. The Hall–Kier alpha value is -3.48. The van der Waals surface area contributed by atoms with Crippen LogP contribution in [0.1, 0.15) is 63.1 Å². The van der Waals surface area contributed by atoms with Gasteiger partial charge in [-0.05, 0) is 31.2 Å². The van der Waals surface area contributed by atoms with E-state index in [1.165, 1.54) is 32.1 Å². The zero-order valence-electron chi connectivity index (χ0n) is 23.8. The van der Waals surface area contributed by atoms with E-state index in [9.17, 15) is 10.1 Å². The predicted octanol–water partition coefficient (Wildman–Crippen LogP) is 9.16. The Morgan fingerprint density at radius 1 is 0.927 bits per heavy atom. The molecule has 0 spiro atoms. The molecule has 0 unspecified atom stereocenters. The Morgan fingerprint density at radius 2 is 1.61 bits per heavy atom. The van der Waals surface area contributed by atoms with Gasteiger partial charge in [-0.3, -0.25) is 15.0 Å². The number of nitro benzene ring substituents is 1. The number of nitrogens with zero attached hydrogens (tertiary/aromatic N) is 4. The van der Waals surface area contributed by atoms with Crippen LogP contribution in [-0.2, 0) is 19.6 Å². The lowest BCUT2D eigenvalue weighted by Gasteiger charge is -2.30. The molecule has 0 bridgehead atoms. The molecule has 5 rings (SSSR count). The van der Waals surface area contributed by atoms with E-state index >= 15 is 0 Å². The minimum Gasteiger partial charge on any atom is -0.326 e. The van der Waals surface area contributed by atoms with Crippen LogP contribution in [0.25, 0.3) is 22.6 Å². The third-order valence-electron chi connectivity index (χ3n) is 8.17. The number of benzene rings is 3. The first-order valence-electron chi connectivity index (χ1n) is 14.9. The lowest BCUT2D eigenvalue weighted by atomic mass is 9.88. The first-order valence-corrected chi connectivity index (χ1v) is 15.3. The summed E-state index contributed by atoms with van der Waals surface area (Å²) in [6.07, 6.45) is 8.27. The second-order valence-corrected chi connectivity index (χ2v) is 11.5. The molecule has 1 saturated carbocycles. The molecular weight excluding hydrogens is 532 g/mol. The summed E-state index contributed by atoms with van der Waals surface area (Å²) in [5, 5.41) is 12.4. The summed E-state index contributed by atoms with van der Waals surface area (Å²) in [5.41, 5.74) is 4.96. The highest BCUT2D eigenvalue weighted by atomic mass is 35.5. The van der Waals surface area contributed by atoms with Crippen LogP contribution >= 0.6 is 11.6 Å². The molecule has 1 fully saturated rings. The van der Waals surface area contributed by atoms with Crippen LogP contribution in [0.3, 0.4) is 0 Å². The lowest BCUT2D eigenvalue weighted by Crippen LogP contribution is -2.31. The van der Waals surface area contributed by atoms with Crippen LogP contribution in [0, 0.1) is 16.0 Å². The van der Waals surface area contributed by atoms with Crippen LogP contribution in [0.15, 0.2) is 78.9 Å². The van der Waals surface area contributed by atoms with Gasteiger partial charge in [0.1, 0.15) is 5.82 Å². The molecule has 4 aromatic rings. The zero-order chi connectivity index (χ0) is 28.6. The molecule has 0 saturated heterocycles. The first-order chi connectivity index (χ1) is 20.0. The first kappa shape index (κ1) is 29.0. The SMILES string of the molecule is CCCCn1c(-c2ccccc2)nc(-c2ccccc2)c1CN(Cc1c(Cl)cccc1[N+](=O)[O-])CC1CCCCC1. The molecule has 1 aromatic heterocycles. The quantitative estimate of drug-likeness (QED) is 0.126. The second kappa shape index (κ2) is 13.9. The fourth-order valence-corrected chi connectivity index (χ4v) is 6.30. The Bertz CT molecular complexity index is 1430. The highest BCUT2D eigenvalue weighted by Crippen LogP contribution is 2.34. The van der Waals surface area contributed by atoms with E-state index in [0.29, 0.717) is 29.6 Å². The van der Waals surface area contributed by atoms with Crippen molar-refractivity contribution in [3.63, 3.8) is 0 Å². The molecule has 1 aliphatic carbocycles. The molecule has 6 nitrogen and oxygen atoms in total. The number of halogens is 1. The third kappa shape index (κ3) is 7.06. The van der Waals surface area contributed by atoms with Gasteiger partial charge in [-0.15, -0.1) is 0 Å². The Labute approximate surface area is 248 Å². The third-order valence-corrected chi connectivity index (χ3v) is 8.53. The average molecular weight is 571 g/mol. The fourth-order valence-electron chi connectivity index (χ4n) is 6.07. The molecule has 41 heavy (non-hydrogen) atoms. The highest BCUT2D eigenvalue weighted by Gasteiger charge is 2.26. The smallest absolute Gasteiger partial charge is 0.275 e. The van der Waals surface area contributed by atoms with Gasteiger partial charge in [0.05, 0.1) is 26.9 Å². The molecule has 7 heteroatoms.